The van der Waals surface area contributed by atoms with Crippen LogP contribution in [0.2, 0.25) is 0 Å². The molecule has 0 aliphatic heterocycles. The molecule has 0 radical (unpaired) electrons. The lowest BCUT2D eigenvalue weighted by molar-refractivity contribution is 0.552. The molecule has 0 amide bonds. The second-order valence-electron chi connectivity index (χ2n) is 2.75. The first kappa shape index (κ1) is 7.31. The summed E-state index contributed by atoms with van der Waals surface area (Å²) in [4.78, 5) is 4.29. The van der Waals surface area contributed by atoms with Crippen LogP contribution < -0.4 is 5.73 Å². The number of aryl methyl sites for hydroxylation is 1. The SMILES string of the molecule is Cc1ccc2oc(CN)cc2n1. The summed E-state index contributed by atoms with van der Waals surface area (Å²) in [5, 5.41) is 0. The first-order valence-corrected chi connectivity index (χ1v) is 3.86. The van der Waals surface area contributed by atoms with Crippen molar-refractivity contribution in [2.45, 2.75) is 13.5 Å². The van der Waals surface area contributed by atoms with Gasteiger partial charge in [0.05, 0.1) is 6.54 Å². The van der Waals surface area contributed by atoms with Crippen molar-refractivity contribution >= 4 is 11.1 Å². The summed E-state index contributed by atoms with van der Waals surface area (Å²) < 4.78 is 5.38. The molecule has 12 heavy (non-hydrogen) atoms. The molecule has 62 valence electrons. The molecule has 0 saturated carbocycles. The lowest BCUT2D eigenvalue weighted by atomic mass is 10.3. The Morgan fingerprint density at radius 2 is 2.33 bits per heavy atom. The number of aromatic nitrogens is 1. The number of rotatable bonds is 1. The van der Waals surface area contributed by atoms with Crippen LogP contribution in [0, 0.1) is 6.92 Å². The Bertz CT molecular complexity index is 406. The molecule has 0 atom stereocenters. The third-order valence-electron chi connectivity index (χ3n) is 1.77. The highest BCUT2D eigenvalue weighted by Crippen LogP contribution is 2.16. The van der Waals surface area contributed by atoms with Gasteiger partial charge in [0.1, 0.15) is 11.3 Å². The molecular weight excluding hydrogens is 152 g/mol. The normalized spacial score (nSPS) is 10.8. The minimum atomic E-state index is 0.426. The number of fused-ring (bicyclic) bond motifs is 1. The van der Waals surface area contributed by atoms with E-state index in [0.29, 0.717) is 6.54 Å². The minimum absolute atomic E-state index is 0.426. The average molecular weight is 162 g/mol. The Morgan fingerprint density at radius 1 is 1.50 bits per heavy atom. The second kappa shape index (κ2) is 2.60. The van der Waals surface area contributed by atoms with Crippen LogP contribution in [0.25, 0.3) is 11.1 Å². The lowest BCUT2D eigenvalue weighted by Gasteiger charge is -1.88. The Balaban J connectivity index is 2.67. The zero-order valence-corrected chi connectivity index (χ0v) is 6.87. The first-order chi connectivity index (χ1) is 5.79. The largest absolute Gasteiger partial charge is 0.458 e. The molecule has 0 aliphatic carbocycles. The van der Waals surface area contributed by atoms with E-state index < -0.39 is 0 Å². The third-order valence-corrected chi connectivity index (χ3v) is 1.77. The van der Waals surface area contributed by atoms with E-state index in [0.717, 1.165) is 22.6 Å². The van der Waals surface area contributed by atoms with Crippen LogP contribution in [-0.2, 0) is 6.54 Å². The first-order valence-electron chi connectivity index (χ1n) is 3.86. The molecule has 0 aromatic carbocycles. The van der Waals surface area contributed by atoms with Crippen LogP contribution in [0.1, 0.15) is 11.5 Å². The molecule has 3 nitrogen and oxygen atoms in total. The van der Waals surface area contributed by atoms with E-state index in [2.05, 4.69) is 4.98 Å². The quantitative estimate of drug-likeness (QED) is 0.692. The van der Waals surface area contributed by atoms with Crippen LogP contribution in [0.4, 0.5) is 0 Å². The molecule has 0 bridgehead atoms. The Kier molecular flexibility index (Phi) is 1.59. The van der Waals surface area contributed by atoms with Gasteiger partial charge >= 0.3 is 0 Å². The molecule has 0 spiro atoms. The highest BCUT2D eigenvalue weighted by atomic mass is 16.3. The molecule has 0 aliphatic rings. The summed E-state index contributed by atoms with van der Waals surface area (Å²) in [5.74, 6) is 0.781. The van der Waals surface area contributed by atoms with Gasteiger partial charge in [0.15, 0.2) is 5.58 Å². The van der Waals surface area contributed by atoms with Gasteiger partial charge in [-0.1, -0.05) is 0 Å². The molecule has 2 aromatic heterocycles. The topological polar surface area (TPSA) is 52.0 Å². The van der Waals surface area contributed by atoms with Gasteiger partial charge < -0.3 is 10.2 Å². The average Bonchev–Trinajstić information content (AvgIpc) is 2.46. The van der Waals surface area contributed by atoms with Crippen molar-refractivity contribution in [2.75, 3.05) is 0 Å². The van der Waals surface area contributed by atoms with E-state index in [1.807, 2.05) is 25.1 Å². The predicted octanol–water partition coefficient (Wildman–Crippen LogP) is 1.59. The number of hydrogen-bond donors (Lipinski definition) is 1. The Morgan fingerprint density at radius 3 is 3.08 bits per heavy atom. The molecule has 0 fully saturated rings. The van der Waals surface area contributed by atoms with Crippen LogP contribution in [0.3, 0.4) is 0 Å². The number of hydrogen-bond acceptors (Lipinski definition) is 3. The van der Waals surface area contributed by atoms with E-state index in [1.54, 1.807) is 0 Å². The zero-order valence-electron chi connectivity index (χ0n) is 6.87. The van der Waals surface area contributed by atoms with Crippen molar-refractivity contribution in [1.29, 1.82) is 0 Å². The summed E-state index contributed by atoms with van der Waals surface area (Å²) in [6.07, 6.45) is 0. The van der Waals surface area contributed by atoms with E-state index in [-0.39, 0.29) is 0 Å². The summed E-state index contributed by atoms with van der Waals surface area (Å²) >= 11 is 0. The van der Waals surface area contributed by atoms with Crippen molar-refractivity contribution in [3.63, 3.8) is 0 Å². The maximum Gasteiger partial charge on any atom is 0.152 e. The van der Waals surface area contributed by atoms with E-state index >= 15 is 0 Å². The lowest BCUT2D eigenvalue weighted by Crippen LogP contribution is -1.92. The van der Waals surface area contributed by atoms with E-state index in [9.17, 15) is 0 Å². The van der Waals surface area contributed by atoms with Crippen molar-refractivity contribution in [3.8, 4) is 0 Å². The number of nitrogens with zero attached hydrogens (tertiary/aromatic N) is 1. The van der Waals surface area contributed by atoms with Crippen molar-refractivity contribution in [2.24, 2.45) is 5.73 Å². The van der Waals surface area contributed by atoms with Gasteiger partial charge in [0.25, 0.3) is 0 Å². The zero-order chi connectivity index (χ0) is 8.55. The number of pyridine rings is 1. The molecule has 3 heteroatoms. The van der Waals surface area contributed by atoms with E-state index in [4.69, 9.17) is 10.2 Å². The summed E-state index contributed by atoms with van der Waals surface area (Å²) in [7, 11) is 0. The molecule has 0 unspecified atom stereocenters. The van der Waals surface area contributed by atoms with Crippen molar-refractivity contribution in [1.82, 2.24) is 4.98 Å². The molecular formula is C9H10N2O. The Hall–Kier alpha value is -1.35. The van der Waals surface area contributed by atoms with Gasteiger partial charge in [0, 0.05) is 11.8 Å². The number of furan rings is 1. The van der Waals surface area contributed by atoms with Gasteiger partial charge in [-0.2, -0.15) is 0 Å². The molecule has 2 N–H and O–H groups in total. The monoisotopic (exact) mass is 162 g/mol. The summed E-state index contributed by atoms with van der Waals surface area (Å²) in [6.45, 7) is 2.38. The summed E-state index contributed by atoms with van der Waals surface area (Å²) in [6, 6.07) is 5.71. The highest BCUT2D eigenvalue weighted by molar-refractivity contribution is 5.73. The van der Waals surface area contributed by atoms with Crippen LogP contribution >= 0.6 is 0 Å². The molecule has 2 rings (SSSR count). The maximum atomic E-state index is 5.43. The van der Waals surface area contributed by atoms with Crippen LogP contribution in [0.15, 0.2) is 22.6 Å². The standard InChI is InChI=1S/C9H10N2O/c1-6-2-3-9-8(11-6)4-7(5-10)12-9/h2-4H,5,10H2,1H3. The molecule has 2 aromatic rings. The smallest absolute Gasteiger partial charge is 0.152 e. The van der Waals surface area contributed by atoms with Gasteiger partial charge in [-0.25, -0.2) is 4.98 Å². The fourth-order valence-corrected chi connectivity index (χ4v) is 1.18. The van der Waals surface area contributed by atoms with Crippen LogP contribution in [0.5, 0.6) is 0 Å². The van der Waals surface area contributed by atoms with E-state index in [1.165, 1.54) is 0 Å². The third kappa shape index (κ3) is 1.08. The fraction of sp³-hybridized carbons (Fsp3) is 0.222. The Labute approximate surface area is 70.2 Å². The molecule has 0 saturated heterocycles. The number of nitrogens with two attached hydrogens (primary N) is 1. The second-order valence-corrected chi connectivity index (χ2v) is 2.75. The van der Waals surface area contributed by atoms with Crippen molar-refractivity contribution < 1.29 is 4.42 Å². The van der Waals surface area contributed by atoms with Gasteiger partial charge in [-0.15, -0.1) is 0 Å². The van der Waals surface area contributed by atoms with Gasteiger partial charge in [-0.3, -0.25) is 0 Å². The fourth-order valence-electron chi connectivity index (χ4n) is 1.18. The van der Waals surface area contributed by atoms with Crippen LogP contribution in [-0.4, -0.2) is 4.98 Å². The van der Waals surface area contributed by atoms with Crippen molar-refractivity contribution in [3.05, 3.63) is 29.7 Å². The maximum absolute atomic E-state index is 5.43. The predicted molar refractivity (Wildman–Crippen MR) is 46.6 cm³/mol. The van der Waals surface area contributed by atoms with Gasteiger partial charge in [-0.05, 0) is 19.1 Å². The minimum Gasteiger partial charge on any atom is -0.458 e. The van der Waals surface area contributed by atoms with Gasteiger partial charge in [0.2, 0.25) is 0 Å². The highest BCUT2D eigenvalue weighted by Gasteiger charge is 2.02. The molecule has 2 heterocycles. The summed E-state index contributed by atoms with van der Waals surface area (Å²) in [5.41, 5.74) is 8.11.